The minimum absolute atomic E-state index is 0.0900. The van der Waals surface area contributed by atoms with E-state index in [0.29, 0.717) is 40.4 Å². The predicted molar refractivity (Wildman–Crippen MR) is 134 cm³/mol. The molecule has 0 amide bonds. The van der Waals surface area contributed by atoms with Crippen LogP contribution in [0.3, 0.4) is 0 Å². The van der Waals surface area contributed by atoms with E-state index in [4.69, 9.17) is 9.47 Å². The Morgan fingerprint density at radius 1 is 1.00 bits per heavy atom. The Labute approximate surface area is 220 Å². The van der Waals surface area contributed by atoms with Gasteiger partial charge in [-0.15, -0.1) is 0 Å². The Bertz CT molecular complexity index is 1630. The summed E-state index contributed by atoms with van der Waals surface area (Å²) in [7, 11) is 0. The summed E-state index contributed by atoms with van der Waals surface area (Å²) in [6.45, 7) is 1.92. The topological polar surface area (TPSA) is 107 Å². The molecule has 2 aliphatic heterocycles. The van der Waals surface area contributed by atoms with Crippen LogP contribution in [0.15, 0.2) is 60.7 Å². The van der Waals surface area contributed by atoms with Crippen molar-refractivity contribution in [2.45, 2.75) is 43.6 Å². The van der Waals surface area contributed by atoms with Gasteiger partial charge >= 0.3 is 6.18 Å². The number of fused-ring (bicyclic) bond motifs is 6. The lowest BCUT2D eigenvalue weighted by Crippen LogP contribution is -2.25. The normalized spacial score (nSPS) is 21.8. The van der Waals surface area contributed by atoms with Crippen LogP contribution < -0.4 is 4.74 Å². The highest BCUT2D eigenvalue weighted by Crippen LogP contribution is 2.65. The Morgan fingerprint density at radius 3 is 2.33 bits per heavy atom. The molecular weight excluding hydrogens is 517 g/mol. The van der Waals surface area contributed by atoms with Crippen LogP contribution in [0.2, 0.25) is 0 Å². The van der Waals surface area contributed by atoms with Crippen LogP contribution in [0.1, 0.15) is 42.9 Å². The Kier molecular flexibility index (Phi) is 5.38. The number of non-ortho nitro benzene ring substituents is 1. The molecule has 8 nitrogen and oxygen atoms in total. The molecule has 3 aromatic carbocycles. The summed E-state index contributed by atoms with van der Waals surface area (Å²) < 4.78 is 52.0. The number of nitrogens with zero attached hydrogens (tertiary/aromatic N) is 2. The van der Waals surface area contributed by atoms with E-state index < -0.39 is 27.9 Å². The van der Waals surface area contributed by atoms with Gasteiger partial charge < -0.3 is 19.7 Å². The van der Waals surface area contributed by atoms with E-state index >= 15 is 0 Å². The van der Waals surface area contributed by atoms with Crippen LogP contribution in [0, 0.1) is 10.1 Å². The molecule has 0 saturated carbocycles. The molecule has 2 bridgehead atoms. The maximum Gasteiger partial charge on any atom is 0.416 e. The molecule has 2 atom stereocenters. The highest BCUT2D eigenvalue weighted by atomic mass is 19.4. The summed E-state index contributed by atoms with van der Waals surface area (Å²) in [4.78, 5) is 11.1. The third-order valence-electron chi connectivity index (χ3n) is 7.80. The summed E-state index contributed by atoms with van der Waals surface area (Å²) >= 11 is 0. The molecule has 0 spiro atoms. The van der Waals surface area contributed by atoms with Gasteiger partial charge in [-0.2, -0.15) is 13.2 Å². The molecule has 202 valence electrons. The summed E-state index contributed by atoms with van der Waals surface area (Å²) in [6, 6.07) is 13.9. The first-order valence-corrected chi connectivity index (χ1v) is 12.3. The van der Waals surface area contributed by atoms with Crippen molar-refractivity contribution >= 4 is 16.5 Å². The molecule has 2 unspecified atom stereocenters. The molecule has 39 heavy (non-hydrogen) atoms. The Hall–Kier alpha value is -4.25. The van der Waals surface area contributed by atoms with Gasteiger partial charge in [-0.3, -0.25) is 14.7 Å². The van der Waals surface area contributed by atoms with Crippen molar-refractivity contribution in [2.24, 2.45) is 0 Å². The minimum atomic E-state index is -4.44. The Balaban J connectivity index is 1.36. The van der Waals surface area contributed by atoms with Crippen molar-refractivity contribution in [3.63, 3.8) is 0 Å². The van der Waals surface area contributed by atoms with Gasteiger partial charge in [-0.05, 0) is 56.2 Å². The van der Waals surface area contributed by atoms with Crippen LogP contribution in [0.25, 0.3) is 16.5 Å². The number of benzene rings is 3. The quantitative estimate of drug-likeness (QED) is 0.209. The average Bonchev–Trinajstić information content (AvgIpc) is 3.47. The molecule has 2 aliphatic rings. The third kappa shape index (κ3) is 3.71. The lowest BCUT2D eigenvalue weighted by molar-refractivity contribution is -0.383. The van der Waals surface area contributed by atoms with Gasteiger partial charge in [-0.25, -0.2) is 0 Å². The highest BCUT2D eigenvalue weighted by Gasteiger charge is 2.61. The van der Waals surface area contributed by atoms with Crippen LogP contribution in [-0.4, -0.2) is 26.3 Å². The smallest absolute Gasteiger partial charge is 0.416 e. The number of hydrogen-bond acceptors (Lipinski definition) is 6. The van der Waals surface area contributed by atoms with E-state index in [0.717, 1.165) is 12.1 Å². The van der Waals surface area contributed by atoms with E-state index in [2.05, 4.69) is 0 Å². The van der Waals surface area contributed by atoms with E-state index in [-0.39, 0.29) is 36.2 Å². The predicted octanol–water partition coefficient (Wildman–Crippen LogP) is 6.67. The second kappa shape index (κ2) is 8.37. The van der Waals surface area contributed by atoms with Gasteiger partial charge in [0.25, 0.3) is 5.69 Å². The molecule has 3 heterocycles. The average molecular weight is 540 g/mol. The summed E-state index contributed by atoms with van der Waals surface area (Å²) in [6.07, 6.45) is -3.07. The first-order chi connectivity index (χ1) is 18.5. The van der Waals surface area contributed by atoms with Crippen molar-refractivity contribution in [3.8, 4) is 23.2 Å². The fourth-order valence-electron chi connectivity index (χ4n) is 6.03. The number of alkyl halides is 3. The molecule has 0 radical (unpaired) electrons. The van der Waals surface area contributed by atoms with Crippen molar-refractivity contribution in [1.29, 1.82) is 0 Å². The second-order valence-corrected chi connectivity index (χ2v) is 10.1. The first kappa shape index (κ1) is 25.1. The van der Waals surface area contributed by atoms with Crippen LogP contribution in [-0.2, 0) is 22.1 Å². The van der Waals surface area contributed by atoms with Crippen LogP contribution in [0.5, 0.6) is 17.5 Å². The summed E-state index contributed by atoms with van der Waals surface area (Å²) in [5.74, 6) is -0.186. The number of hydrogen-bond donors (Lipinski definition) is 2. The maximum absolute atomic E-state index is 12.9. The lowest BCUT2D eigenvalue weighted by atomic mass is 9.78. The minimum Gasteiger partial charge on any atom is -0.494 e. The van der Waals surface area contributed by atoms with Gasteiger partial charge in [0.05, 0.1) is 44.9 Å². The zero-order chi connectivity index (χ0) is 27.7. The SMILES string of the molecule is CC12CCC(CCOc3ccc(C(F)(F)F)cc3)(O1)c1c2c(O)n(-c2ccc([N+](=O)[O-])c3ccccc23)c1O. The maximum atomic E-state index is 12.9. The summed E-state index contributed by atoms with van der Waals surface area (Å²) in [5, 5.41) is 35.3. The standard InChI is InChI=1S/C28H23F3N2O6/c1-26-12-13-27(39-26,14-15-38-17-8-6-16(7-9-17)28(29,30)31)23-22(26)24(34)32(25(23)35)20-10-11-21(33(36)37)19-5-3-2-4-18(19)20/h2-11,34-35H,12-15H2,1H3. The number of nitro benzene ring substituents is 1. The fourth-order valence-corrected chi connectivity index (χ4v) is 6.03. The zero-order valence-corrected chi connectivity index (χ0v) is 20.7. The second-order valence-electron chi connectivity index (χ2n) is 10.1. The van der Waals surface area contributed by atoms with Gasteiger partial charge in [0.2, 0.25) is 11.8 Å². The first-order valence-electron chi connectivity index (χ1n) is 12.3. The fraction of sp³-hybridized carbons (Fsp3) is 0.286. The number of halogens is 3. The van der Waals surface area contributed by atoms with E-state index in [1.54, 1.807) is 24.3 Å². The van der Waals surface area contributed by atoms with E-state index in [9.17, 15) is 33.5 Å². The molecule has 1 aromatic heterocycles. The largest absolute Gasteiger partial charge is 0.494 e. The number of nitro groups is 1. The molecule has 4 aromatic rings. The van der Waals surface area contributed by atoms with Gasteiger partial charge in [0.1, 0.15) is 11.4 Å². The molecule has 0 aliphatic carbocycles. The van der Waals surface area contributed by atoms with Crippen molar-refractivity contribution in [2.75, 3.05) is 6.61 Å². The van der Waals surface area contributed by atoms with Crippen LogP contribution >= 0.6 is 0 Å². The van der Waals surface area contributed by atoms with Crippen molar-refractivity contribution in [3.05, 3.63) is 87.5 Å². The molecular formula is C28H23F3N2O6. The molecule has 11 heteroatoms. The van der Waals surface area contributed by atoms with Gasteiger partial charge in [-0.1, -0.05) is 18.2 Å². The highest BCUT2D eigenvalue weighted by molar-refractivity contribution is 5.97. The van der Waals surface area contributed by atoms with Crippen LogP contribution in [0.4, 0.5) is 18.9 Å². The molecule has 2 N–H and O–H groups in total. The number of ether oxygens (including phenoxy) is 2. The monoisotopic (exact) mass is 540 g/mol. The van der Waals surface area contributed by atoms with Crippen molar-refractivity contribution < 1.29 is 37.8 Å². The van der Waals surface area contributed by atoms with Gasteiger partial charge in [0.15, 0.2) is 0 Å². The third-order valence-corrected chi connectivity index (χ3v) is 7.80. The molecule has 1 fully saturated rings. The number of aromatic hydroxyl groups is 2. The van der Waals surface area contributed by atoms with E-state index in [1.807, 2.05) is 6.92 Å². The number of aromatic nitrogens is 1. The van der Waals surface area contributed by atoms with Gasteiger partial charge in [0, 0.05) is 17.9 Å². The number of rotatable bonds is 6. The Morgan fingerprint density at radius 2 is 1.67 bits per heavy atom. The zero-order valence-electron chi connectivity index (χ0n) is 20.7. The van der Waals surface area contributed by atoms with E-state index in [1.165, 1.54) is 28.8 Å². The molecule has 6 rings (SSSR count). The molecule has 1 saturated heterocycles. The van der Waals surface area contributed by atoms with Crippen molar-refractivity contribution in [1.82, 2.24) is 4.57 Å². The summed E-state index contributed by atoms with van der Waals surface area (Å²) in [5.41, 5.74) is -1.49. The lowest BCUT2D eigenvalue weighted by Gasteiger charge is -2.26.